The summed E-state index contributed by atoms with van der Waals surface area (Å²) in [7, 11) is 0. The number of nitrogens with zero attached hydrogens (tertiary/aromatic N) is 1. The number of nitrogens with one attached hydrogen (secondary N) is 2. The highest BCUT2D eigenvalue weighted by Crippen LogP contribution is 2.21. The van der Waals surface area contributed by atoms with E-state index < -0.39 is 0 Å². The van der Waals surface area contributed by atoms with Gasteiger partial charge in [0.15, 0.2) is 0 Å². The van der Waals surface area contributed by atoms with E-state index in [1.807, 2.05) is 0 Å². The molecular formula is C8H6ClN3. The summed E-state index contributed by atoms with van der Waals surface area (Å²) in [6, 6.07) is 1.78. The third kappa shape index (κ3) is 0.987. The molecule has 2 aromatic rings. The van der Waals surface area contributed by atoms with Crippen LogP contribution in [0, 0.1) is 5.41 Å². The number of pyridine rings is 1. The summed E-state index contributed by atoms with van der Waals surface area (Å²) in [6.45, 7) is 0. The van der Waals surface area contributed by atoms with Gasteiger partial charge in [0.1, 0.15) is 0 Å². The zero-order valence-corrected chi connectivity index (χ0v) is 6.89. The lowest BCUT2D eigenvalue weighted by Crippen LogP contribution is -1.84. The van der Waals surface area contributed by atoms with Crippen molar-refractivity contribution in [3.8, 4) is 0 Å². The van der Waals surface area contributed by atoms with E-state index in [-0.39, 0.29) is 0 Å². The first kappa shape index (κ1) is 7.31. The Balaban J connectivity index is 2.79. The Kier molecular flexibility index (Phi) is 1.59. The highest BCUT2D eigenvalue weighted by Gasteiger charge is 2.01. The smallest absolute Gasteiger partial charge is 0.0813 e. The van der Waals surface area contributed by atoms with Crippen LogP contribution in [0.25, 0.3) is 10.9 Å². The lowest BCUT2D eigenvalue weighted by molar-refractivity contribution is 1.31. The highest BCUT2D eigenvalue weighted by molar-refractivity contribution is 6.35. The molecule has 0 aliphatic heterocycles. The molecule has 0 aromatic carbocycles. The topological polar surface area (TPSA) is 52.5 Å². The molecular weight excluding hydrogens is 174 g/mol. The number of fused-ring (bicyclic) bond motifs is 1. The third-order valence-corrected chi connectivity index (χ3v) is 2.00. The van der Waals surface area contributed by atoms with E-state index >= 15 is 0 Å². The molecule has 0 saturated heterocycles. The van der Waals surface area contributed by atoms with Crippen LogP contribution < -0.4 is 0 Å². The maximum Gasteiger partial charge on any atom is 0.0813 e. The fraction of sp³-hybridized carbons (Fsp3) is 0. The summed E-state index contributed by atoms with van der Waals surface area (Å²) in [4.78, 5) is 6.98. The van der Waals surface area contributed by atoms with Gasteiger partial charge in [-0.2, -0.15) is 0 Å². The molecule has 60 valence electrons. The van der Waals surface area contributed by atoms with E-state index in [4.69, 9.17) is 17.0 Å². The molecule has 0 aliphatic carbocycles. The lowest BCUT2D eigenvalue weighted by atomic mass is 10.3. The molecule has 2 N–H and O–H groups in total. The number of aromatic nitrogens is 2. The molecule has 2 aromatic heterocycles. The molecule has 0 bridgehead atoms. The van der Waals surface area contributed by atoms with Gasteiger partial charge in [0.05, 0.1) is 22.4 Å². The van der Waals surface area contributed by atoms with Crippen LogP contribution in [-0.2, 0) is 0 Å². The van der Waals surface area contributed by atoms with Gasteiger partial charge in [-0.3, -0.25) is 4.98 Å². The van der Waals surface area contributed by atoms with Crippen molar-refractivity contribution in [2.45, 2.75) is 0 Å². The van der Waals surface area contributed by atoms with E-state index in [1.54, 1.807) is 18.5 Å². The van der Waals surface area contributed by atoms with Crippen molar-refractivity contribution in [3.63, 3.8) is 0 Å². The average molecular weight is 180 g/mol. The summed E-state index contributed by atoms with van der Waals surface area (Å²) >= 11 is 5.87. The number of aromatic amines is 1. The fourth-order valence-electron chi connectivity index (χ4n) is 1.08. The Hall–Kier alpha value is -1.35. The van der Waals surface area contributed by atoms with Crippen molar-refractivity contribution in [2.75, 3.05) is 0 Å². The van der Waals surface area contributed by atoms with Crippen molar-refractivity contribution in [1.82, 2.24) is 9.97 Å². The molecule has 12 heavy (non-hydrogen) atoms. The summed E-state index contributed by atoms with van der Waals surface area (Å²) in [5.74, 6) is 0. The molecule has 2 heterocycles. The van der Waals surface area contributed by atoms with Gasteiger partial charge >= 0.3 is 0 Å². The molecule has 3 nitrogen and oxygen atoms in total. The maximum atomic E-state index is 7.00. The van der Waals surface area contributed by atoms with E-state index in [2.05, 4.69) is 9.97 Å². The zero-order chi connectivity index (χ0) is 8.55. The van der Waals surface area contributed by atoms with Crippen molar-refractivity contribution in [3.05, 3.63) is 29.2 Å². The molecule has 0 saturated carbocycles. The van der Waals surface area contributed by atoms with Gasteiger partial charge in [0, 0.05) is 17.8 Å². The van der Waals surface area contributed by atoms with Gasteiger partial charge in [-0.15, -0.1) is 0 Å². The van der Waals surface area contributed by atoms with E-state index in [0.717, 1.165) is 10.9 Å². The van der Waals surface area contributed by atoms with Crippen molar-refractivity contribution < 1.29 is 0 Å². The second kappa shape index (κ2) is 2.60. The van der Waals surface area contributed by atoms with Crippen LogP contribution >= 0.6 is 11.6 Å². The van der Waals surface area contributed by atoms with Crippen LogP contribution in [0.1, 0.15) is 5.69 Å². The van der Waals surface area contributed by atoms with Crippen molar-refractivity contribution in [2.24, 2.45) is 0 Å². The van der Waals surface area contributed by atoms with Gasteiger partial charge in [0.25, 0.3) is 0 Å². The monoisotopic (exact) mass is 179 g/mol. The molecule has 0 amide bonds. The maximum absolute atomic E-state index is 7.00. The first-order chi connectivity index (χ1) is 5.81. The molecule has 0 atom stereocenters. The van der Waals surface area contributed by atoms with Gasteiger partial charge in [-0.05, 0) is 6.07 Å². The number of hydrogen-bond acceptors (Lipinski definition) is 2. The SMILES string of the molecule is N=Cc1cc2c(Cl)c[nH]c2cn1. The van der Waals surface area contributed by atoms with Crippen LogP contribution in [-0.4, -0.2) is 16.2 Å². The summed E-state index contributed by atoms with van der Waals surface area (Å²) in [6.07, 6.45) is 4.58. The Morgan fingerprint density at radius 3 is 3.17 bits per heavy atom. The molecule has 0 radical (unpaired) electrons. The normalized spacial score (nSPS) is 10.4. The second-order valence-corrected chi connectivity index (χ2v) is 2.84. The minimum atomic E-state index is 0.615. The fourth-order valence-corrected chi connectivity index (χ4v) is 1.29. The summed E-state index contributed by atoms with van der Waals surface area (Å²) in [5.41, 5.74) is 1.51. The van der Waals surface area contributed by atoms with E-state index in [1.165, 1.54) is 6.21 Å². The molecule has 4 heteroatoms. The van der Waals surface area contributed by atoms with Gasteiger partial charge in [0.2, 0.25) is 0 Å². The largest absolute Gasteiger partial charge is 0.358 e. The molecule has 0 spiro atoms. The van der Waals surface area contributed by atoms with Gasteiger partial charge in [-0.25, -0.2) is 0 Å². The standard InChI is InChI=1S/C8H6ClN3/c9-7-3-12-8-4-11-5(2-10)1-6(7)8/h1-4,10,12H. The number of rotatable bonds is 1. The number of halogens is 1. The predicted octanol–water partition coefficient (Wildman–Crippen LogP) is 2.21. The van der Waals surface area contributed by atoms with Gasteiger partial charge in [-0.1, -0.05) is 11.6 Å². The zero-order valence-electron chi connectivity index (χ0n) is 6.13. The first-order valence-corrected chi connectivity index (χ1v) is 3.82. The van der Waals surface area contributed by atoms with Crippen LogP contribution in [0.5, 0.6) is 0 Å². The number of hydrogen-bond donors (Lipinski definition) is 2. The lowest BCUT2D eigenvalue weighted by Gasteiger charge is -1.91. The van der Waals surface area contributed by atoms with Crippen LogP contribution in [0.3, 0.4) is 0 Å². The molecule has 0 unspecified atom stereocenters. The van der Waals surface area contributed by atoms with E-state index in [0.29, 0.717) is 10.7 Å². The minimum Gasteiger partial charge on any atom is -0.358 e. The quantitative estimate of drug-likeness (QED) is 0.648. The van der Waals surface area contributed by atoms with Crippen molar-refractivity contribution >= 4 is 28.7 Å². The molecule has 0 fully saturated rings. The van der Waals surface area contributed by atoms with Gasteiger partial charge < -0.3 is 10.4 Å². The first-order valence-electron chi connectivity index (χ1n) is 3.44. The number of H-pyrrole nitrogens is 1. The Bertz CT molecular complexity index is 433. The van der Waals surface area contributed by atoms with Crippen molar-refractivity contribution in [1.29, 1.82) is 5.41 Å². The third-order valence-electron chi connectivity index (χ3n) is 1.68. The van der Waals surface area contributed by atoms with Crippen LogP contribution in [0.15, 0.2) is 18.5 Å². The summed E-state index contributed by atoms with van der Waals surface area (Å²) < 4.78 is 0. The van der Waals surface area contributed by atoms with Crippen LogP contribution in [0.2, 0.25) is 5.02 Å². The Labute approximate surface area is 73.9 Å². The molecule has 0 aliphatic rings. The minimum absolute atomic E-state index is 0.615. The highest BCUT2D eigenvalue weighted by atomic mass is 35.5. The summed E-state index contributed by atoms with van der Waals surface area (Å²) in [5, 5.41) is 8.57. The van der Waals surface area contributed by atoms with Crippen LogP contribution in [0.4, 0.5) is 0 Å². The Morgan fingerprint density at radius 1 is 1.58 bits per heavy atom. The second-order valence-electron chi connectivity index (χ2n) is 2.44. The molecule has 2 rings (SSSR count). The average Bonchev–Trinajstić information content (AvgIpc) is 2.47. The van der Waals surface area contributed by atoms with E-state index in [9.17, 15) is 0 Å². The predicted molar refractivity (Wildman–Crippen MR) is 49.0 cm³/mol. The Morgan fingerprint density at radius 2 is 2.42 bits per heavy atom.